The minimum Gasteiger partial charge on any atom is -0.338 e. The lowest BCUT2D eigenvalue weighted by Crippen LogP contribution is -2.29. The third-order valence-corrected chi connectivity index (χ3v) is 5.68. The Bertz CT molecular complexity index is 1180. The van der Waals surface area contributed by atoms with Gasteiger partial charge in [0.1, 0.15) is 5.82 Å². The number of para-hydroxylation sites is 1. The molecule has 2 heterocycles. The van der Waals surface area contributed by atoms with E-state index < -0.39 is 6.55 Å². The van der Waals surface area contributed by atoms with Gasteiger partial charge in [-0.05, 0) is 12.1 Å². The molecule has 0 fully saturated rings. The zero-order chi connectivity index (χ0) is 22.5. The van der Waals surface area contributed by atoms with Crippen LogP contribution in [0.5, 0.6) is 0 Å². The van der Waals surface area contributed by atoms with Crippen LogP contribution >= 0.6 is 11.8 Å². The maximum Gasteiger partial charge on any atom is 0.319 e. The molecule has 0 aliphatic carbocycles. The topological polar surface area (TPSA) is 68.8 Å². The molecule has 0 aliphatic heterocycles. The van der Waals surface area contributed by atoms with E-state index in [2.05, 4.69) is 15.2 Å². The van der Waals surface area contributed by atoms with Crippen LogP contribution in [0, 0.1) is 0 Å². The summed E-state index contributed by atoms with van der Waals surface area (Å²) < 4.78 is 28.7. The molecule has 0 saturated heterocycles. The van der Waals surface area contributed by atoms with Gasteiger partial charge >= 0.3 is 6.55 Å². The highest BCUT2D eigenvalue weighted by molar-refractivity contribution is 7.99. The molecule has 164 valence electrons. The number of alkyl halides is 2. The lowest BCUT2D eigenvalue weighted by Gasteiger charge is -2.17. The van der Waals surface area contributed by atoms with Crippen molar-refractivity contribution in [3.05, 3.63) is 78.9 Å². The van der Waals surface area contributed by atoms with Gasteiger partial charge in [0.05, 0.1) is 12.3 Å². The summed E-state index contributed by atoms with van der Waals surface area (Å²) in [5, 5.41) is 9.21. The first-order chi connectivity index (χ1) is 15.5. The smallest absolute Gasteiger partial charge is 0.319 e. The molecule has 2 aromatic carbocycles. The Labute approximate surface area is 187 Å². The number of aromatic nitrogens is 5. The highest BCUT2D eigenvalue weighted by atomic mass is 32.2. The molecule has 4 aromatic rings. The summed E-state index contributed by atoms with van der Waals surface area (Å²) in [5.41, 5.74) is 1.77. The summed E-state index contributed by atoms with van der Waals surface area (Å²) in [6.07, 6.45) is 2.49. The van der Waals surface area contributed by atoms with Gasteiger partial charge in [-0.2, -0.15) is 8.78 Å². The van der Waals surface area contributed by atoms with Crippen LogP contribution in [0.15, 0.2) is 78.2 Å². The van der Waals surface area contributed by atoms with Crippen LogP contribution in [0.25, 0.3) is 17.1 Å². The van der Waals surface area contributed by atoms with E-state index in [1.54, 1.807) is 7.05 Å². The van der Waals surface area contributed by atoms with Gasteiger partial charge in [0, 0.05) is 30.7 Å². The van der Waals surface area contributed by atoms with E-state index in [1.165, 1.54) is 29.1 Å². The number of benzene rings is 2. The number of rotatable bonds is 8. The number of carbonyl (C=O) groups is 1. The van der Waals surface area contributed by atoms with E-state index in [1.807, 2.05) is 65.2 Å². The predicted molar refractivity (Wildman–Crippen MR) is 117 cm³/mol. The maximum absolute atomic E-state index is 13.0. The van der Waals surface area contributed by atoms with Crippen molar-refractivity contribution >= 4 is 17.7 Å². The Morgan fingerprint density at radius 2 is 1.75 bits per heavy atom. The molecule has 0 aliphatic rings. The second-order valence-electron chi connectivity index (χ2n) is 6.91. The summed E-state index contributed by atoms with van der Waals surface area (Å²) in [4.78, 5) is 18.0. The molecule has 0 spiro atoms. The summed E-state index contributed by atoms with van der Waals surface area (Å²) in [5.74, 6) is 0.632. The lowest BCUT2D eigenvalue weighted by molar-refractivity contribution is -0.127. The number of hydrogen-bond donors (Lipinski definition) is 0. The van der Waals surface area contributed by atoms with Crippen LogP contribution in [0.3, 0.4) is 0 Å². The van der Waals surface area contributed by atoms with Crippen molar-refractivity contribution in [2.45, 2.75) is 18.3 Å². The Morgan fingerprint density at radius 3 is 2.44 bits per heavy atom. The number of amides is 1. The Hall–Kier alpha value is -3.53. The molecule has 0 N–H and O–H groups in total. The van der Waals surface area contributed by atoms with Crippen molar-refractivity contribution in [2.24, 2.45) is 0 Å². The molecule has 0 radical (unpaired) electrons. The summed E-state index contributed by atoms with van der Waals surface area (Å²) in [6.45, 7) is -2.72. The minimum atomic E-state index is -2.70. The zero-order valence-corrected chi connectivity index (χ0v) is 18.0. The molecule has 4 rings (SSSR count). The Morgan fingerprint density at radius 1 is 1.06 bits per heavy atom. The Balaban J connectivity index is 1.52. The van der Waals surface area contributed by atoms with E-state index in [9.17, 15) is 13.6 Å². The van der Waals surface area contributed by atoms with Gasteiger partial charge in [-0.25, -0.2) is 4.98 Å². The highest BCUT2D eigenvalue weighted by Crippen LogP contribution is 2.28. The summed E-state index contributed by atoms with van der Waals surface area (Å²) in [6, 6.07) is 19.3. The van der Waals surface area contributed by atoms with E-state index in [-0.39, 0.29) is 24.0 Å². The number of imidazole rings is 1. The first kappa shape index (κ1) is 21.7. The molecular weight excluding hydrogens is 434 g/mol. The van der Waals surface area contributed by atoms with E-state index in [0.717, 1.165) is 15.8 Å². The predicted octanol–water partition coefficient (Wildman–Crippen LogP) is 4.28. The van der Waals surface area contributed by atoms with E-state index >= 15 is 0 Å². The molecule has 1 amide bonds. The van der Waals surface area contributed by atoms with Crippen LogP contribution in [0.2, 0.25) is 0 Å². The number of nitrogens with zero attached hydrogens (tertiary/aromatic N) is 6. The maximum atomic E-state index is 13.0. The molecule has 2 aromatic heterocycles. The van der Waals surface area contributed by atoms with Crippen molar-refractivity contribution in [1.82, 2.24) is 29.2 Å². The largest absolute Gasteiger partial charge is 0.338 e. The van der Waals surface area contributed by atoms with Gasteiger partial charge < -0.3 is 4.90 Å². The van der Waals surface area contributed by atoms with Crippen molar-refractivity contribution in [3.8, 4) is 17.1 Å². The quantitative estimate of drug-likeness (QED) is 0.372. The summed E-state index contributed by atoms with van der Waals surface area (Å²) >= 11 is 1.24. The fraction of sp³-hybridized carbons (Fsp3) is 0.182. The molecule has 0 saturated carbocycles. The average molecular weight is 455 g/mol. The fourth-order valence-corrected chi connectivity index (χ4v) is 4.02. The van der Waals surface area contributed by atoms with Crippen molar-refractivity contribution in [3.63, 3.8) is 0 Å². The molecule has 0 bridgehead atoms. The zero-order valence-electron chi connectivity index (χ0n) is 17.2. The molecule has 7 nitrogen and oxygen atoms in total. The van der Waals surface area contributed by atoms with Crippen LogP contribution < -0.4 is 0 Å². The van der Waals surface area contributed by atoms with Gasteiger partial charge in [0.25, 0.3) is 0 Å². The minimum absolute atomic E-state index is 0.0165. The van der Waals surface area contributed by atoms with Crippen molar-refractivity contribution in [2.75, 3.05) is 12.8 Å². The fourth-order valence-electron chi connectivity index (χ4n) is 3.13. The number of hydrogen-bond acceptors (Lipinski definition) is 5. The first-order valence-corrected chi connectivity index (χ1v) is 10.8. The van der Waals surface area contributed by atoms with E-state index in [4.69, 9.17) is 0 Å². The standard InChI is InChI=1S/C22H20F2N6OS/c1-28(14-18-25-12-13-29(18)21(23)24)19(31)15-32-22-27-26-20(16-8-4-2-5-9-16)30(22)17-10-6-3-7-11-17/h2-13,21H,14-15H2,1H3. The number of thioether (sulfide) groups is 1. The third kappa shape index (κ3) is 4.70. The van der Waals surface area contributed by atoms with Crippen molar-refractivity contribution in [1.29, 1.82) is 0 Å². The molecule has 10 heteroatoms. The van der Waals surface area contributed by atoms with E-state index in [0.29, 0.717) is 11.0 Å². The average Bonchev–Trinajstić information content (AvgIpc) is 3.45. The molecular formula is C22H20F2N6OS. The normalized spacial score (nSPS) is 11.1. The van der Waals surface area contributed by atoms with Crippen LogP contribution in [-0.4, -0.2) is 47.9 Å². The number of carbonyl (C=O) groups excluding carboxylic acids is 1. The van der Waals surface area contributed by atoms with Crippen LogP contribution in [-0.2, 0) is 11.3 Å². The molecule has 32 heavy (non-hydrogen) atoms. The second kappa shape index (κ2) is 9.73. The first-order valence-electron chi connectivity index (χ1n) is 9.77. The Kier molecular flexibility index (Phi) is 6.60. The molecule has 0 unspecified atom stereocenters. The SMILES string of the molecule is CN(Cc1nccn1C(F)F)C(=O)CSc1nnc(-c2ccccc2)n1-c1ccccc1. The van der Waals surface area contributed by atoms with Crippen LogP contribution in [0.1, 0.15) is 12.4 Å². The number of halogens is 2. The van der Waals surface area contributed by atoms with Gasteiger partial charge in [-0.3, -0.25) is 13.9 Å². The summed E-state index contributed by atoms with van der Waals surface area (Å²) in [7, 11) is 1.56. The van der Waals surface area contributed by atoms with Gasteiger partial charge in [0.2, 0.25) is 5.91 Å². The van der Waals surface area contributed by atoms with Gasteiger partial charge in [-0.1, -0.05) is 60.3 Å². The highest BCUT2D eigenvalue weighted by Gasteiger charge is 2.20. The van der Waals surface area contributed by atoms with Crippen LogP contribution in [0.4, 0.5) is 8.78 Å². The van der Waals surface area contributed by atoms with Gasteiger partial charge in [-0.15, -0.1) is 10.2 Å². The van der Waals surface area contributed by atoms with Crippen molar-refractivity contribution < 1.29 is 13.6 Å². The second-order valence-corrected chi connectivity index (χ2v) is 7.85. The third-order valence-electron chi connectivity index (χ3n) is 4.77. The lowest BCUT2D eigenvalue weighted by atomic mass is 10.2. The van der Waals surface area contributed by atoms with Gasteiger partial charge in [0.15, 0.2) is 11.0 Å². The monoisotopic (exact) mass is 454 g/mol. The molecule has 0 atom stereocenters.